The van der Waals surface area contributed by atoms with Crippen molar-refractivity contribution in [3.63, 3.8) is 0 Å². The third-order valence-electron chi connectivity index (χ3n) is 4.04. The number of carbonyl (C=O) groups excluding carboxylic acids is 1. The average Bonchev–Trinajstić information content (AvgIpc) is 2.58. The van der Waals surface area contributed by atoms with E-state index < -0.39 is 0 Å². The molecule has 2 rings (SSSR count). The normalized spacial score (nSPS) is 14.8. The van der Waals surface area contributed by atoms with Gasteiger partial charge in [0.15, 0.2) is 11.5 Å². The van der Waals surface area contributed by atoms with E-state index in [-0.39, 0.29) is 11.8 Å². The van der Waals surface area contributed by atoms with Crippen molar-refractivity contribution in [2.24, 2.45) is 5.92 Å². The van der Waals surface area contributed by atoms with Gasteiger partial charge in [-0.25, -0.2) is 0 Å². The Morgan fingerprint density at radius 1 is 1.17 bits per heavy atom. The molecule has 5 nitrogen and oxygen atoms in total. The first-order chi connectivity index (χ1) is 11.2. The Bertz CT molecular complexity index is 587. The summed E-state index contributed by atoms with van der Waals surface area (Å²) in [5, 5.41) is 12.3. The maximum absolute atomic E-state index is 12.4. The number of hydrogen-bond donors (Lipinski definition) is 1. The Balaban J connectivity index is 2.23. The largest absolute Gasteiger partial charge is 0.490 e. The van der Waals surface area contributed by atoms with Crippen molar-refractivity contribution in [1.82, 2.24) is 0 Å². The van der Waals surface area contributed by atoms with Gasteiger partial charge in [0.25, 0.3) is 0 Å². The summed E-state index contributed by atoms with van der Waals surface area (Å²) in [6.07, 6.45) is 5.23. The lowest BCUT2D eigenvalue weighted by Gasteiger charge is -2.21. The minimum Gasteiger partial charge on any atom is -0.490 e. The Morgan fingerprint density at radius 2 is 1.78 bits per heavy atom. The number of benzene rings is 1. The van der Waals surface area contributed by atoms with Crippen LogP contribution in [0, 0.1) is 17.2 Å². The predicted octanol–water partition coefficient (Wildman–Crippen LogP) is 3.87. The number of anilines is 1. The van der Waals surface area contributed by atoms with E-state index in [4.69, 9.17) is 9.47 Å². The van der Waals surface area contributed by atoms with Crippen molar-refractivity contribution in [3.8, 4) is 17.6 Å². The molecule has 0 radical (unpaired) electrons. The maximum Gasteiger partial charge on any atom is 0.227 e. The van der Waals surface area contributed by atoms with Crippen LogP contribution in [0.15, 0.2) is 12.1 Å². The van der Waals surface area contributed by atoms with Crippen LogP contribution in [-0.2, 0) is 4.79 Å². The van der Waals surface area contributed by atoms with Crippen LogP contribution in [0.2, 0.25) is 0 Å². The molecule has 1 aliphatic carbocycles. The Labute approximate surface area is 137 Å². The smallest absolute Gasteiger partial charge is 0.227 e. The van der Waals surface area contributed by atoms with Crippen LogP contribution in [0.25, 0.3) is 0 Å². The van der Waals surface area contributed by atoms with Gasteiger partial charge in [-0.3, -0.25) is 4.79 Å². The summed E-state index contributed by atoms with van der Waals surface area (Å²) in [4.78, 5) is 12.4. The molecular formula is C18H24N2O3. The summed E-state index contributed by atoms with van der Waals surface area (Å²) in [6, 6.07) is 5.44. The van der Waals surface area contributed by atoms with E-state index in [1.54, 1.807) is 12.1 Å². The minimum absolute atomic E-state index is 0.00666. The van der Waals surface area contributed by atoms with Gasteiger partial charge in [-0.15, -0.1) is 0 Å². The molecule has 1 saturated carbocycles. The molecule has 5 heteroatoms. The number of rotatable bonds is 6. The fourth-order valence-electron chi connectivity index (χ4n) is 2.89. The molecule has 0 unspecified atom stereocenters. The molecule has 23 heavy (non-hydrogen) atoms. The number of hydrogen-bond acceptors (Lipinski definition) is 4. The monoisotopic (exact) mass is 316 g/mol. The standard InChI is InChI=1S/C18H24N2O3/c1-3-22-16-10-14(12-19)15(11-17(16)23-4-2)20-18(21)13-8-6-5-7-9-13/h10-11,13H,3-9H2,1-2H3,(H,20,21). The molecule has 0 atom stereocenters. The average molecular weight is 316 g/mol. The van der Waals surface area contributed by atoms with Gasteiger partial charge in [-0.2, -0.15) is 5.26 Å². The summed E-state index contributed by atoms with van der Waals surface area (Å²) >= 11 is 0. The van der Waals surface area contributed by atoms with Crippen LogP contribution >= 0.6 is 0 Å². The Morgan fingerprint density at radius 3 is 2.35 bits per heavy atom. The number of nitrogens with zero attached hydrogens (tertiary/aromatic N) is 1. The second-order valence-electron chi connectivity index (χ2n) is 5.65. The highest BCUT2D eigenvalue weighted by Gasteiger charge is 2.22. The van der Waals surface area contributed by atoms with Gasteiger partial charge in [0.2, 0.25) is 5.91 Å². The Hall–Kier alpha value is -2.22. The molecule has 0 saturated heterocycles. The third-order valence-corrected chi connectivity index (χ3v) is 4.04. The van der Waals surface area contributed by atoms with Gasteiger partial charge >= 0.3 is 0 Å². The highest BCUT2D eigenvalue weighted by atomic mass is 16.5. The van der Waals surface area contributed by atoms with Crippen LogP contribution in [0.3, 0.4) is 0 Å². The quantitative estimate of drug-likeness (QED) is 0.864. The first kappa shape index (κ1) is 17.1. The van der Waals surface area contributed by atoms with E-state index in [2.05, 4.69) is 11.4 Å². The predicted molar refractivity (Wildman–Crippen MR) is 88.7 cm³/mol. The van der Waals surface area contributed by atoms with Crippen LogP contribution in [0.1, 0.15) is 51.5 Å². The van der Waals surface area contributed by atoms with Gasteiger partial charge < -0.3 is 14.8 Å². The molecule has 1 fully saturated rings. The number of nitrogens with one attached hydrogen (secondary N) is 1. The van der Waals surface area contributed by atoms with Gasteiger partial charge in [0.05, 0.1) is 24.5 Å². The van der Waals surface area contributed by atoms with Crippen LogP contribution < -0.4 is 14.8 Å². The number of amides is 1. The summed E-state index contributed by atoms with van der Waals surface area (Å²) < 4.78 is 11.1. The summed E-state index contributed by atoms with van der Waals surface area (Å²) in [7, 11) is 0. The van der Waals surface area contributed by atoms with Crippen LogP contribution in [0.5, 0.6) is 11.5 Å². The maximum atomic E-state index is 12.4. The van der Waals surface area contributed by atoms with E-state index in [9.17, 15) is 10.1 Å². The SMILES string of the molecule is CCOc1cc(C#N)c(NC(=O)C2CCCCC2)cc1OCC. The molecular weight excluding hydrogens is 292 g/mol. The Kier molecular flexibility index (Phi) is 6.28. The molecule has 1 aromatic rings. The van der Waals surface area contributed by atoms with Crippen LogP contribution in [0.4, 0.5) is 5.69 Å². The topological polar surface area (TPSA) is 71.3 Å². The fraction of sp³-hybridized carbons (Fsp3) is 0.556. The second kappa shape index (κ2) is 8.42. The van der Waals surface area contributed by atoms with Gasteiger partial charge in [-0.05, 0) is 26.7 Å². The lowest BCUT2D eigenvalue weighted by molar-refractivity contribution is -0.120. The zero-order chi connectivity index (χ0) is 16.7. The first-order valence-electron chi connectivity index (χ1n) is 8.34. The molecule has 124 valence electrons. The van der Waals surface area contributed by atoms with E-state index in [1.165, 1.54) is 6.42 Å². The first-order valence-corrected chi connectivity index (χ1v) is 8.34. The van der Waals surface area contributed by atoms with Crippen LogP contribution in [-0.4, -0.2) is 19.1 Å². The highest BCUT2D eigenvalue weighted by Crippen LogP contribution is 2.34. The number of ether oxygens (including phenoxy) is 2. The molecule has 0 aromatic heterocycles. The van der Waals surface area contributed by atoms with Crippen molar-refractivity contribution in [2.75, 3.05) is 18.5 Å². The summed E-state index contributed by atoms with van der Waals surface area (Å²) in [6.45, 7) is 4.73. The summed E-state index contributed by atoms with van der Waals surface area (Å²) in [5.41, 5.74) is 0.885. The fourth-order valence-corrected chi connectivity index (χ4v) is 2.89. The molecule has 1 N–H and O–H groups in total. The van der Waals surface area contributed by atoms with Crippen molar-refractivity contribution in [1.29, 1.82) is 5.26 Å². The molecule has 1 aromatic carbocycles. The van der Waals surface area contributed by atoms with E-state index in [0.29, 0.717) is 36.0 Å². The zero-order valence-corrected chi connectivity index (χ0v) is 13.9. The number of nitriles is 1. The van der Waals surface area contributed by atoms with Crippen molar-refractivity contribution < 1.29 is 14.3 Å². The second-order valence-corrected chi connectivity index (χ2v) is 5.65. The van der Waals surface area contributed by atoms with Gasteiger partial charge in [0.1, 0.15) is 6.07 Å². The molecule has 0 heterocycles. The third kappa shape index (κ3) is 4.38. The lowest BCUT2D eigenvalue weighted by Crippen LogP contribution is -2.25. The molecule has 1 aliphatic rings. The zero-order valence-electron chi connectivity index (χ0n) is 13.9. The minimum atomic E-state index is -0.00666. The molecule has 0 bridgehead atoms. The molecule has 0 spiro atoms. The van der Waals surface area contributed by atoms with Gasteiger partial charge in [-0.1, -0.05) is 19.3 Å². The molecule has 1 amide bonds. The van der Waals surface area contributed by atoms with Crippen molar-refractivity contribution in [3.05, 3.63) is 17.7 Å². The lowest BCUT2D eigenvalue weighted by atomic mass is 9.88. The van der Waals surface area contributed by atoms with E-state index >= 15 is 0 Å². The molecule has 0 aliphatic heterocycles. The van der Waals surface area contributed by atoms with Gasteiger partial charge in [0, 0.05) is 18.1 Å². The number of carbonyl (C=O) groups is 1. The van der Waals surface area contributed by atoms with E-state index in [0.717, 1.165) is 25.7 Å². The highest BCUT2D eigenvalue weighted by molar-refractivity contribution is 5.94. The van der Waals surface area contributed by atoms with Crippen molar-refractivity contribution in [2.45, 2.75) is 46.0 Å². The van der Waals surface area contributed by atoms with E-state index in [1.807, 2.05) is 13.8 Å². The van der Waals surface area contributed by atoms with Crippen molar-refractivity contribution >= 4 is 11.6 Å². The summed E-state index contributed by atoms with van der Waals surface area (Å²) in [5.74, 6) is 1.11.